The van der Waals surface area contributed by atoms with E-state index in [0.29, 0.717) is 43.0 Å². The molecule has 12 heteroatoms. The van der Waals surface area contributed by atoms with E-state index >= 15 is 0 Å². The number of hydrogen-bond donors (Lipinski definition) is 3. The Hall–Kier alpha value is -2.76. The Kier molecular flexibility index (Phi) is 8.33. The summed E-state index contributed by atoms with van der Waals surface area (Å²) in [6.07, 6.45) is 5.16. The number of hydrogen-bond acceptors (Lipinski definition) is 7. The third kappa shape index (κ3) is 6.67. The normalized spacial score (nSPS) is 21.0. The predicted octanol–water partition coefficient (Wildman–Crippen LogP) is 5.02. The second kappa shape index (κ2) is 11.5. The molecule has 0 bridgehead atoms. The number of anilines is 3. The number of aryl methyl sites for hydroxylation is 2. The van der Waals surface area contributed by atoms with Crippen LogP contribution in [0.2, 0.25) is 5.02 Å². The van der Waals surface area contributed by atoms with E-state index in [-0.39, 0.29) is 23.8 Å². The monoisotopic (exact) mass is 591 g/mol. The van der Waals surface area contributed by atoms with Crippen molar-refractivity contribution < 1.29 is 13.9 Å². The molecular formula is C29H40ClF2N7O2. The lowest BCUT2D eigenvalue weighted by atomic mass is 9.87. The fraction of sp³-hybridized carbons (Fsp3) is 0.621. The molecule has 2 aliphatic rings. The number of alkyl halides is 2. The fourth-order valence-corrected chi connectivity index (χ4v) is 5.55. The van der Waals surface area contributed by atoms with Crippen LogP contribution >= 0.6 is 11.6 Å². The fourth-order valence-electron chi connectivity index (χ4n) is 5.41. The van der Waals surface area contributed by atoms with Gasteiger partial charge >= 0.3 is 5.69 Å². The van der Waals surface area contributed by atoms with Gasteiger partial charge < -0.3 is 20.6 Å². The van der Waals surface area contributed by atoms with Crippen LogP contribution in [0.25, 0.3) is 11.0 Å². The molecule has 2 fully saturated rings. The zero-order chi connectivity index (χ0) is 29.5. The van der Waals surface area contributed by atoms with Crippen LogP contribution in [-0.2, 0) is 13.1 Å². The Balaban J connectivity index is 1.41. The molecule has 1 aliphatic carbocycles. The number of aromatic nitrogens is 4. The number of fused-ring (bicyclic) bond motifs is 1. The van der Waals surface area contributed by atoms with Gasteiger partial charge in [0.2, 0.25) is 5.95 Å². The third-order valence-corrected chi connectivity index (χ3v) is 8.39. The van der Waals surface area contributed by atoms with Gasteiger partial charge in [-0.15, -0.1) is 0 Å². The van der Waals surface area contributed by atoms with Crippen LogP contribution in [0.1, 0.15) is 53.4 Å². The molecule has 3 N–H and O–H groups in total. The first-order valence-corrected chi connectivity index (χ1v) is 14.8. The van der Waals surface area contributed by atoms with Gasteiger partial charge in [0, 0.05) is 49.7 Å². The van der Waals surface area contributed by atoms with Gasteiger partial charge in [0.05, 0.1) is 22.8 Å². The first kappa shape index (κ1) is 29.7. The summed E-state index contributed by atoms with van der Waals surface area (Å²) in [5.41, 5.74) is 1.19. The van der Waals surface area contributed by atoms with Crippen LogP contribution < -0.4 is 21.2 Å². The number of nitrogens with zero attached hydrogens (tertiary/aromatic N) is 5. The van der Waals surface area contributed by atoms with Crippen LogP contribution in [0.4, 0.5) is 26.2 Å². The molecule has 9 nitrogen and oxygen atoms in total. The van der Waals surface area contributed by atoms with E-state index in [9.17, 15) is 18.7 Å². The zero-order valence-corrected chi connectivity index (χ0v) is 24.9. The van der Waals surface area contributed by atoms with Crippen molar-refractivity contribution in [3.8, 4) is 0 Å². The molecule has 3 aromatic rings. The summed E-state index contributed by atoms with van der Waals surface area (Å²) < 4.78 is 32.3. The lowest BCUT2D eigenvalue weighted by Crippen LogP contribution is -2.52. The number of nitrogens with one attached hydrogen (secondary N) is 2. The van der Waals surface area contributed by atoms with Crippen LogP contribution in [0.3, 0.4) is 0 Å². The average Bonchev–Trinajstić information content (AvgIpc) is 3.69. The van der Waals surface area contributed by atoms with Gasteiger partial charge in [-0.1, -0.05) is 25.4 Å². The quantitative estimate of drug-likeness (QED) is 0.269. The van der Waals surface area contributed by atoms with Crippen molar-refractivity contribution in [2.45, 2.75) is 84.0 Å². The Labute approximate surface area is 243 Å². The van der Waals surface area contributed by atoms with Crippen molar-refractivity contribution in [2.24, 2.45) is 11.8 Å². The molecule has 224 valence electrons. The number of halogens is 3. The minimum Gasteiger partial charge on any atom is -0.390 e. The van der Waals surface area contributed by atoms with Crippen molar-refractivity contribution in [3.63, 3.8) is 0 Å². The SMILES string of the molecule is C[C@@H]1CN(c2ncc(Cl)c(Nc3ccc4c(c3)n(CCC(C)(C)O)c(=O)n4CCCNC3CC3)n2)C[C@H](C)C1(F)F. The molecule has 5 rings (SSSR count). The number of aliphatic hydroxyl groups is 1. The average molecular weight is 592 g/mol. The smallest absolute Gasteiger partial charge is 0.329 e. The van der Waals surface area contributed by atoms with E-state index in [0.717, 1.165) is 24.0 Å². The zero-order valence-electron chi connectivity index (χ0n) is 24.1. The maximum Gasteiger partial charge on any atom is 0.329 e. The standard InChI is InChI=1S/C29H40ClF2N7O2/c1-18-16-37(17-19(2)29(18,31)32)26-34-15-22(30)25(36-26)35-21-8-9-23-24(14-21)39(13-10-28(3,4)41)27(40)38(23)12-5-11-33-20-6-7-20/h8-9,14-15,18-20,33,41H,5-7,10-13,16-17H2,1-4H3,(H,34,35,36)/t18-,19+. The third-order valence-electron chi connectivity index (χ3n) is 8.11. The summed E-state index contributed by atoms with van der Waals surface area (Å²) in [7, 11) is 0. The number of piperidine rings is 1. The second-order valence-corrected chi connectivity index (χ2v) is 12.7. The molecule has 2 aromatic heterocycles. The number of rotatable bonds is 11. The highest BCUT2D eigenvalue weighted by atomic mass is 35.5. The maximum atomic E-state index is 14.4. The van der Waals surface area contributed by atoms with Gasteiger partial charge in [0.15, 0.2) is 5.82 Å². The molecule has 0 unspecified atom stereocenters. The summed E-state index contributed by atoms with van der Waals surface area (Å²) in [6, 6.07) is 6.26. The lowest BCUT2D eigenvalue weighted by molar-refractivity contribution is -0.105. The Bertz CT molecular complexity index is 1430. The van der Waals surface area contributed by atoms with E-state index in [4.69, 9.17) is 11.6 Å². The highest BCUT2D eigenvalue weighted by molar-refractivity contribution is 6.32. The van der Waals surface area contributed by atoms with E-state index in [2.05, 4.69) is 20.6 Å². The molecule has 3 heterocycles. The van der Waals surface area contributed by atoms with Crippen LogP contribution in [-0.4, -0.2) is 61.4 Å². The summed E-state index contributed by atoms with van der Waals surface area (Å²) >= 11 is 6.44. The van der Waals surface area contributed by atoms with Gasteiger partial charge in [-0.3, -0.25) is 9.13 Å². The molecule has 1 aliphatic heterocycles. The van der Waals surface area contributed by atoms with Crippen molar-refractivity contribution in [1.29, 1.82) is 0 Å². The van der Waals surface area contributed by atoms with E-state index < -0.39 is 23.4 Å². The first-order valence-electron chi connectivity index (χ1n) is 14.4. The first-order chi connectivity index (χ1) is 19.3. The van der Waals surface area contributed by atoms with E-state index in [1.54, 1.807) is 41.7 Å². The Morgan fingerprint density at radius 3 is 2.46 bits per heavy atom. The minimum absolute atomic E-state index is 0.111. The number of imidazole rings is 1. The largest absolute Gasteiger partial charge is 0.390 e. The van der Waals surface area contributed by atoms with E-state index in [1.807, 2.05) is 18.2 Å². The summed E-state index contributed by atoms with van der Waals surface area (Å²) in [5, 5.41) is 17.4. The van der Waals surface area contributed by atoms with Crippen molar-refractivity contribution >= 4 is 40.1 Å². The second-order valence-electron chi connectivity index (χ2n) is 12.3. The molecule has 0 spiro atoms. The van der Waals surface area contributed by atoms with Crippen LogP contribution in [0.15, 0.2) is 29.2 Å². The molecule has 1 aromatic carbocycles. The lowest BCUT2D eigenvalue weighted by Gasteiger charge is -2.41. The minimum atomic E-state index is -2.75. The summed E-state index contributed by atoms with van der Waals surface area (Å²) in [5.74, 6) is -3.73. The summed E-state index contributed by atoms with van der Waals surface area (Å²) in [4.78, 5) is 24.2. The molecular weight excluding hydrogens is 552 g/mol. The van der Waals surface area contributed by atoms with Gasteiger partial charge in [0.1, 0.15) is 5.02 Å². The molecule has 41 heavy (non-hydrogen) atoms. The van der Waals surface area contributed by atoms with Gasteiger partial charge in [-0.2, -0.15) is 4.98 Å². The molecule has 0 radical (unpaired) electrons. The van der Waals surface area contributed by atoms with Crippen molar-refractivity contribution in [2.75, 3.05) is 29.9 Å². The van der Waals surface area contributed by atoms with Crippen LogP contribution in [0, 0.1) is 11.8 Å². The Morgan fingerprint density at radius 1 is 1.12 bits per heavy atom. The van der Waals surface area contributed by atoms with Gasteiger partial charge in [-0.25, -0.2) is 18.6 Å². The number of benzene rings is 1. The highest BCUT2D eigenvalue weighted by Gasteiger charge is 2.47. The molecule has 0 amide bonds. The Morgan fingerprint density at radius 2 is 1.80 bits per heavy atom. The maximum absolute atomic E-state index is 14.4. The van der Waals surface area contributed by atoms with Crippen LogP contribution in [0.5, 0.6) is 0 Å². The molecule has 1 saturated heterocycles. The van der Waals surface area contributed by atoms with Gasteiger partial charge in [0.25, 0.3) is 5.92 Å². The molecule has 2 atom stereocenters. The predicted molar refractivity (Wildman–Crippen MR) is 159 cm³/mol. The summed E-state index contributed by atoms with van der Waals surface area (Å²) in [6.45, 7) is 8.63. The molecule has 1 saturated carbocycles. The van der Waals surface area contributed by atoms with Crippen molar-refractivity contribution in [1.82, 2.24) is 24.4 Å². The van der Waals surface area contributed by atoms with E-state index in [1.165, 1.54) is 19.0 Å². The highest BCUT2D eigenvalue weighted by Crippen LogP contribution is 2.39. The van der Waals surface area contributed by atoms with Gasteiger partial charge in [-0.05, 0) is 64.3 Å². The topological polar surface area (TPSA) is 100 Å². The van der Waals surface area contributed by atoms with Crippen molar-refractivity contribution in [3.05, 3.63) is 39.9 Å².